The number of fused-ring (bicyclic) bond motifs is 1. The number of benzene rings is 2. The largest absolute Gasteiger partial charge is 0.493 e. The van der Waals surface area contributed by atoms with Crippen LogP contribution in [0.2, 0.25) is 0 Å². The molecule has 0 unspecified atom stereocenters. The first-order chi connectivity index (χ1) is 13.7. The van der Waals surface area contributed by atoms with E-state index < -0.39 is 0 Å². The predicted octanol–water partition coefficient (Wildman–Crippen LogP) is 3.95. The zero-order valence-electron chi connectivity index (χ0n) is 15.7. The molecular formula is C23H24N2O3. The van der Waals surface area contributed by atoms with E-state index in [1.807, 2.05) is 30.3 Å². The van der Waals surface area contributed by atoms with Crippen LogP contribution in [0.4, 0.5) is 5.69 Å². The first-order valence-electron chi connectivity index (χ1n) is 9.84. The second-order valence-corrected chi connectivity index (χ2v) is 7.29. The third-order valence-corrected chi connectivity index (χ3v) is 5.26. The van der Waals surface area contributed by atoms with Crippen molar-refractivity contribution in [2.75, 3.05) is 11.9 Å². The molecule has 5 nitrogen and oxygen atoms in total. The standard InChI is InChI=1S/C23H24N2O3/c26-22(12-10-16-9-11-21-17(15-16)13-14-28-21)25-20-8-4-3-7-19(20)23(27)24-18-5-1-2-6-18/h3-4,7-12,15,18H,1-2,5-6,13-14H2,(H,24,27)(H,25,26)/b12-10+. The van der Waals surface area contributed by atoms with E-state index in [9.17, 15) is 9.59 Å². The smallest absolute Gasteiger partial charge is 0.253 e. The van der Waals surface area contributed by atoms with Crippen LogP contribution in [0.15, 0.2) is 48.5 Å². The van der Waals surface area contributed by atoms with Gasteiger partial charge in [-0.05, 0) is 54.3 Å². The van der Waals surface area contributed by atoms with Crippen LogP contribution in [0.5, 0.6) is 5.75 Å². The zero-order valence-corrected chi connectivity index (χ0v) is 15.7. The molecule has 1 fully saturated rings. The summed E-state index contributed by atoms with van der Waals surface area (Å²) in [4.78, 5) is 25.0. The summed E-state index contributed by atoms with van der Waals surface area (Å²) in [5.74, 6) is 0.520. The minimum absolute atomic E-state index is 0.134. The van der Waals surface area contributed by atoms with Gasteiger partial charge in [0.1, 0.15) is 5.75 Å². The highest BCUT2D eigenvalue weighted by Gasteiger charge is 2.20. The lowest BCUT2D eigenvalue weighted by Gasteiger charge is -2.14. The third-order valence-electron chi connectivity index (χ3n) is 5.26. The monoisotopic (exact) mass is 376 g/mol. The summed E-state index contributed by atoms with van der Waals surface area (Å²) in [5.41, 5.74) is 3.13. The van der Waals surface area contributed by atoms with Crippen LogP contribution in [0.25, 0.3) is 6.08 Å². The van der Waals surface area contributed by atoms with Crippen molar-refractivity contribution >= 4 is 23.6 Å². The van der Waals surface area contributed by atoms with Crippen molar-refractivity contribution in [3.63, 3.8) is 0 Å². The van der Waals surface area contributed by atoms with Gasteiger partial charge in [-0.15, -0.1) is 0 Å². The highest BCUT2D eigenvalue weighted by atomic mass is 16.5. The average Bonchev–Trinajstić information content (AvgIpc) is 3.38. The molecule has 144 valence electrons. The normalized spacial score (nSPS) is 16.0. The Kier molecular flexibility index (Phi) is 5.42. The molecule has 2 aliphatic rings. The maximum Gasteiger partial charge on any atom is 0.253 e. The fourth-order valence-electron chi connectivity index (χ4n) is 3.78. The second-order valence-electron chi connectivity index (χ2n) is 7.29. The van der Waals surface area contributed by atoms with Crippen LogP contribution < -0.4 is 15.4 Å². The van der Waals surface area contributed by atoms with Crippen molar-refractivity contribution in [1.82, 2.24) is 5.32 Å². The number of amides is 2. The highest BCUT2D eigenvalue weighted by molar-refractivity contribution is 6.07. The molecule has 0 atom stereocenters. The van der Waals surface area contributed by atoms with E-state index in [1.54, 1.807) is 18.2 Å². The predicted molar refractivity (Wildman–Crippen MR) is 109 cm³/mol. The van der Waals surface area contributed by atoms with Crippen LogP contribution >= 0.6 is 0 Å². The number of anilines is 1. The minimum atomic E-state index is -0.266. The van der Waals surface area contributed by atoms with E-state index in [0.29, 0.717) is 17.9 Å². The molecule has 2 N–H and O–H groups in total. The Morgan fingerprint density at radius 1 is 1.07 bits per heavy atom. The van der Waals surface area contributed by atoms with E-state index in [-0.39, 0.29) is 17.9 Å². The van der Waals surface area contributed by atoms with E-state index in [1.165, 1.54) is 6.08 Å². The molecule has 2 aromatic rings. The van der Waals surface area contributed by atoms with E-state index in [2.05, 4.69) is 10.6 Å². The summed E-state index contributed by atoms with van der Waals surface area (Å²) in [5, 5.41) is 5.90. The molecular weight excluding hydrogens is 352 g/mol. The van der Waals surface area contributed by atoms with Crippen molar-refractivity contribution in [1.29, 1.82) is 0 Å². The molecule has 0 spiro atoms. The molecule has 1 aliphatic carbocycles. The van der Waals surface area contributed by atoms with Crippen molar-refractivity contribution in [2.24, 2.45) is 0 Å². The number of hydrogen-bond donors (Lipinski definition) is 2. The van der Waals surface area contributed by atoms with Gasteiger partial charge in [0, 0.05) is 18.5 Å². The van der Waals surface area contributed by atoms with Gasteiger partial charge in [-0.25, -0.2) is 0 Å². The molecule has 0 aromatic heterocycles. The molecule has 2 amide bonds. The Balaban J connectivity index is 1.42. The molecule has 0 bridgehead atoms. The summed E-state index contributed by atoms with van der Waals surface area (Å²) >= 11 is 0. The highest BCUT2D eigenvalue weighted by Crippen LogP contribution is 2.26. The number of rotatable bonds is 5. The molecule has 28 heavy (non-hydrogen) atoms. The van der Waals surface area contributed by atoms with Gasteiger partial charge in [-0.1, -0.05) is 31.0 Å². The molecule has 2 aromatic carbocycles. The maximum atomic E-state index is 12.6. The summed E-state index contributed by atoms with van der Waals surface area (Å²) in [6, 6.07) is 13.2. The fraction of sp³-hybridized carbons (Fsp3) is 0.304. The number of hydrogen-bond acceptors (Lipinski definition) is 3. The summed E-state index contributed by atoms with van der Waals surface area (Å²) in [6.45, 7) is 0.711. The Morgan fingerprint density at radius 3 is 2.75 bits per heavy atom. The zero-order chi connectivity index (χ0) is 19.3. The van der Waals surface area contributed by atoms with Gasteiger partial charge in [-0.3, -0.25) is 9.59 Å². The first kappa shape index (κ1) is 18.3. The maximum absolute atomic E-state index is 12.6. The topological polar surface area (TPSA) is 67.4 Å². The van der Waals surface area contributed by atoms with Crippen LogP contribution in [0, 0.1) is 0 Å². The molecule has 0 radical (unpaired) electrons. The first-order valence-corrected chi connectivity index (χ1v) is 9.84. The number of ether oxygens (including phenoxy) is 1. The molecule has 4 rings (SSSR count). The van der Waals surface area contributed by atoms with Gasteiger partial charge in [0.2, 0.25) is 5.91 Å². The number of carbonyl (C=O) groups excluding carboxylic acids is 2. The van der Waals surface area contributed by atoms with Gasteiger partial charge in [0.15, 0.2) is 0 Å². The lowest BCUT2D eigenvalue weighted by molar-refractivity contribution is -0.111. The number of para-hydroxylation sites is 1. The number of nitrogens with one attached hydrogen (secondary N) is 2. The Morgan fingerprint density at radius 2 is 1.89 bits per heavy atom. The van der Waals surface area contributed by atoms with Gasteiger partial charge in [-0.2, -0.15) is 0 Å². The SMILES string of the molecule is O=C(/C=C/c1ccc2c(c1)CCO2)Nc1ccccc1C(=O)NC1CCCC1. The van der Waals surface area contributed by atoms with E-state index >= 15 is 0 Å². The average molecular weight is 376 g/mol. The van der Waals surface area contributed by atoms with Gasteiger partial charge >= 0.3 is 0 Å². The van der Waals surface area contributed by atoms with Crippen molar-refractivity contribution in [3.8, 4) is 5.75 Å². The number of carbonyl (C=O) groups is 2. The molecule has 1 saturated carbocycles. The Labute approximate surface area is 164 Å². The minimum Gasteiger partial charge on any atom is -0.493 e. The fourth-order valence-corrected chi connectivity index (χ4v) is 3.78. The van der Waals surface area contributed by atoms with Gasteiger partial charge in [0.25, 0.3) is 5.91 Å². The Hall–Kier alpha value is -3.08. The quantitative estimate of drug-likeness (QED) is 0.777. The summed E-state index contributed by atoms with van der Waals surface area (Å²) in [6.07, 6.45) is 8.51. The molecule has 5 heteroatoms. The van der Waals surface area contributed by atoms with Crippen LogP contribution in [0.1, 0.15) is 47.2 Å². The lowest BCUT2D eigenvalue weighted by Crippen LogP contribution is -2.33. The third kappa shape index (κ3) is 4.25. The lowest BCUT2D eigenvalue weighted by atomic mass is 10.1. The van der Waals surface area contributed by atoms with Crippen molar-refractivity contribution < 1.29 is 14.3 Å². The second kappa shape index (κ2) is 8.30. The van der Waals surface area contributed by atoms with Gasteiger partial charge < -0.3 is 15.4 Å². The van der Waals surface area contributed by atoms with Crippen LogP contribution in [-0.2, 0) is 11.2 Å². The van der Waals surface area contributed by atoms with Crippen LogP contribution in [-0.4, -0.2) is 24.5 Å². The van der Waals surface area contributed by atoms with E-state index in [4.69, 9.17) is 4.74 Å². The molecule has 0 saturated heterocycles. The molecule has 1 aliphatic heterocycles. The summed E-state index contributed by atoms with van der Waals surface area (Å²) in [7, 11) is 0. The molecule has 1 heterocycles. The van der Waals surface area contributed by atoms with Crippen molar-refractivity contribution in [2.45, 2.75) is 38.1 Å². The van der Waals surface area contributed by atoms with Gasteiger partial charge in [0.05, 0.1) is 17.9 Å². The van der Waals surface area contributed by atoms with Crippen LogP contribution in [0.3, 0.4) is 0 Å². The summed E-state index contributed by atoms with van der Waals surface area (Å²) < 4.78 is 5.50. The van der Waals surface area contributed by atoms with E-state index in [0.717, 1.165) is 49.0 Å². The van der Waals surface area contributed by atoms with Crippen molar-refractivity contribution in [3.05, 3.63) is 65.2 Å². The Bertz CT molecular complexity index is 914.